The molecule has 17 heavy (non-hydrogen) atoms. The molecule has 2 heteroatoms. The summed E-state index contributed by atoms with van der Waals surface area (Å²) in [6.07, 6.45) is 10.3. The Morgan fingerprint density at radius 3 is 2.12 bits per heavy atom. The number of aromatic hydroxyl groups is 1. The van der Waals surface area contributed by atoms with Crippen LogP contribution in [-0.2, 0) is 23.5 Å². The van der Waals surface area contributed by atoms with E-state index in [0.29, 0.717) is 5.75 Å². The molecule has 1 nitrogen and oxygen atoms in total. The molecule has 0 atom stereocenters. The zero-order valence-corrected chi connectivity index (χ0v) is 11.7. The van der Waals surface area contributed by atoms with Gasteiger partial charge in [0.25, 0.3) is 0 Å². The number of para-hydroxylation sites is 1. The summed E-state index contributed by atoms with van der Waals surface area (Å²) in [5.74, 6) is 0.452. The first kappa shape index (κ1) is 16.5. The van der Waals surface area contributed by atoms with Crippen molar-refractivity contribution in [1.29, 1.82) is 0 Å². The monoisotopic (exact) mass is 283 g/mol. The van der Waals surface area contributed by atoms with Crippen LogP contribution in [0.15, 0.2) is 24.3 Å². The summed E-state index contributed by atoms with van der Waals surface area (Å²) in [5.41, 5.74) is 1.09. The Morgan fingerprint density at radius 2 is 1.47 bits per heavy atom. The molecule has 1 N–H and O–H groups in total. The molecule has 0 aliphatic heterocycles. The number of phenolic OH excluding ortho intramolecular Hbond substituents is 1. The van der Waals surface area contributed by atoms with E-state index in [1.807, 2.05) is 18.2 Å². The third kappa shape index (κ3) is 7.46. The molecule has 99 valence electrons. The van der Waals surface area contributed by atoms with E-state index in [0.717, 1.165) is 12.0 Å². The van der Waals surface area contributed by atoms with Gasteiger partial charge in [-0.05, 0) is 24.5 Å². The molecule has 1 rings (SSSR count). The molecule has 0 bridgehead atoms. The number of rotatable bonds is 8. The van der Waals surface area contributed by atoms with Crippen LogP contribution in [-0.4, -0.2) is 5.11 Å². The molecule has 0 amide bonds. The third-order valence-electron chi connectivity index (χ3n) is 3.04. The van der Waals surface area contributed by atoms with Crippen molar-refractivity contribution in [2.24, 2.45) is 0 Å². The van der Waals surface area contributed by atoms with Gasteiger partial charge in [-0.25, -0.2) is 0 Å². The van der Waals surface area contributed by atoms with Crippen LogP contribution in [0.3, 0.4) is 0 Å². The normalized spacial score (nSPS) is 9.94. The van der Waals surface area contributed by atoms with Crippen LogP contribution in [0.5, 0.6) is 5.75 Å². The van der Waals surface area contributed by atoms with Crippen molar-refractivity contribution in [3.8, 4) is 5.75 Å². The Bertz CT molecular complexity index is 286. The maximum atomic E-state index is 9.58. The molecule has 0 aromatic heterocycles. The van der Waals surface area contributed by atoms with Gasteiger partial charge >= 0.3 is 17.1 Å². The first-order valence-corrected chi connectivity index (χ1v) is 6.61. The van der Waals surface area contributed by atoms with Crippen LogP contribution < -0.4 is 0 Å². The minimum absolute atomic E-state index is 0. The second-order valence-electron chi connectivity index (χ2n) is 4.50. The Balaban J connectivity index is 0.00000256. The Kier molecular flexibility index (Phi) is 10.4. The summed E-state index contributed by atoms with van der Waals surface area (Å²) in [6.45, 7) is 2.25. The van der Waals surface area contributed by atoms with Gasteiger partial charge in [0.05, 0.1) is 0 Å². The molecule has 1 radical (unpaired) electrons. The first-order chi connectivity index (χ1) is 7.84. The third-order valence-corrected chi connectivity index (χ3v) is 3.04. The number of hydrogen-bond donors (Lipinski definition) is 1. The van der Waals surface area contributed by atoms with Crippen LogP contribution in [0.4, 0.5) is 0 Å². The number of unbranched alkanes of at least 4 members (excludes halogenated alkanes) is 6. The smallest absolute Gasteiger partial charge is 0.508 e. The first-order valence-electron chi connectivity index (χ1n) is 6.61. The second kappa shape index (κ2) is 10.7. The van der Waals surface area contributed by atoms with Crippen LogP contribution in [0, 0.1) is 0 Å². The largest absolute Gasteiger partial charge is 2.00 e. The van der Waals surface area contributed by atoms with Crippen molar-refractivity contribution in [2.75, 3.05) is 0 Å². The maximum absolute atomic E-state index is 9.58. The molecule has 0 aliphatic carbocycles. The topological polar surface area (TPSA) is 20.2 Å². The fourth-order valence-electron chi connectivity index (χ4n) is 1.99. The summed E-state index contributed by atoms with van der Waals surface area (Å²) >= 11 is 0. The van der Waals surface area contributed by atoms with Gasteiger partial charge in [-0.2, -0.15) is 0 Å². The van der Waals surface area contributed by atoms with Crippen molar-refractivity contribution in [3.05, 3.63) is 29.8 Å². The van der Waals surface area contributed by atoms with Crippen molar-refractivity contribution in [2.45, 2.75) is 58.3 Å². The molecule has 0 unspecified atom stereocenters. The van der Waals surface area contributed by atoms with E-state index in [2.05, 4.69) is 6.92 Å². The van der Waals surface area contributed by atoms with Gasteiger partial charge in [-0.1, -0.05) is 63.6 Å². The summed E-state index contributed by atoms with van der Waals surface area (Å²) in [7, 11) is 0. The standard InChI is InChI=1S/C15H24O.Cu/c1-2-3-4-5-6-7-8-11-14-12-9-10-13-15(14)16;/h9-10,12-13,16H,2-8,11H2,1H3;/q;+2. The van der Waals surface area contributed by atoms with E-state index in [4.69, 9.17) is 0 Å². The molecular weight excluding hydrogens is 260 g/mol. The number of aryl methyl sites for hydroxylation is 1. The molecule has 0 spiro atoms. The molecule has 0 saturated carbocycles. The molecule has 0 heterocycles. The predicted molar refractivity (Wildman–Crippen MR) is 69.8 cm³/mol. The summed E-state index contributed by atoms with van der Waals surface area (Å²) in [4.78, 5) is 0. The van der Waals surface area contributed by atoms with Crippen molar-refractivity contribution in [1.82, 2.24) is 0 Å². The van der Waals surface area contributed by atoms with Gasteiger partial charge in [0.15, 0.2) is 0 Å². The Hall–Kier alpha value is -0.461. The average Bonchev–Trinajstić information content (AvgIpc) is 2.30. The maximum Gasteiger partial charge on any atom is 2.00 e. The molecule has 0 saturated heterocycles. The minimum atomic E-state index is 0. The van der Waals surface area contributed by atoms with E-state index >= 15 is 0 Å². The Morgan fingerprint density at radius 1 is 0.882 bits per heavy atom. The number of benzene rings is 1. The fraction of sp³-hybridized carbons (Fsp3) is 0.600. The van der Waals surface area contributed by atoms with E-state index in [1.165, 1.54) is 44.9 Å². The SMILES string of the molecule is CCCCCCCCCc1ccccc1O.[Cu+2]. The summed E-state index contributed by atoms with van der Waals surface area (Å²) in [6, 6.07) is 7.67. The second-order valence-corrected chi connectivity index (χ2v) is 4.50. The van der Waals surface area contributed by atoms with Crippen molar-refractivity contribution in [3.63, 3.8) is 0 Å². The van der Waals surface area contributed by atoms with E-state index in [-0.39, 0.29) is 17.1 Å². The van der Waals surface area contributed by atoms with Crippen LogP contribution in [0.25, 0.3) is 0 Å². The minimum Gasteiger partial charge on any atom is -0.508 e. The summed E-state index contributed by atoms with van der Waals surface area (Å²) < 4.78 is 0. The zero-order valence-electron chi connectivity index (χ0n) is 10.7. The van der Waals surface area contributed by atoms with Gasteiger partial charge in [0.1, 0.15) is 5.75 Å². The molecule has 0 fully saturated rings. The van der Waals surface area contributed by atoms with Gasteiger partial charge < -0.3 is 5.11 Å². The molecule has 1 aromatic carbocycles. The summed E-state index contributed by atoms with van der Waals surface area (Å²) in [5, 5.41) is 9.58. The fourth-order valence-corrected chi connectivity index (χ4v) is 1.99. The zero-order chi connectivity index (χ0) is 11.6. The van der Waals surface area contributed by atoms with Crippen LogP contribution in [0.1, 0.15) is 57.4 Å². The van der Waals surface area contributed by atoms with Crippen LogP contribution in [0.2, 0.25) is 0 Å². The number of phenols is 1. The average molecular weight is 284 g/mol. The quantitative estimate of drug-likeness (QED) is 0.542. The molecule has 0 aliphatic rings. The van der Waals surface area contributed by atoms with Gasteiger partial charge in [0, 0.05) is 0 Å². The Labute approximate surface area is 116 Å². The van der Waals surface area contributed by atoms with Crippen molar-refractivity contribution < 1.29 is 22.2 Å². The number of hydrogen-bond acceptors (Lipinski definition) is 1. The molecule has 1 aromatic rings. The van der Waals surface area contributed by atoms with Gasteiger partial charge in [-0.15, -0.1) is 0 Å². The van der Waals surface area contributed by atoms with E-state index in [9.17, 15) is 5.11 Å². The van der Waals surface area contributed by atoms with Crippen LogP contribution >= 0.6 is 0 Å². The van der Waals surface area contributed by atoms with E-state index in [1.54, 1.807) is 6.07 Å². The van der Waals surface area contributed by atoms with Gasteiger partial charge in [-0.3, -0.25) is 0 Å². The van der Waals surface area contributed by atoms with E-state index < -0.39 is 0 Å². The molecular formula is C15H24CuO+2. The van der Waals surface area contributed by atoms with Crippen molar-refractivity contribution >= 4 is 0 Å². The predicted octanol–water partition coefficient (Wildman–Crippen LogP) is 4.68. The van der Waals surface area contributed by atoms with Gasteiger partial charge in [0.2, 0.25) is 0 Å².